The van der Waals surface area contributed by atoms with Crippen molar-refractivity contribution >= 4 is 23.2 Å². The number of carbonyl (C=O) groups excluding carboxylic acids is 1. The number of aromatic amines is 1. The van der Waals surface area contributed by atoms with Crippen molar-refractivity contribution in [3.8, 4) is 22.6 Å². The molecular formula is C31H29FN6O3S. The lowest BCUT2D eigenvalue weighted by molar-refractivity contribution is -0.231. The van der Waals surface area contributed by atoms with Crippen molar-refractivity contribution < 1.29 is 18.7 Å². The zero-order valence-corrected chi connectivity index (χ0v) is 23.7. The van der Waals surface area contributed by atoms with Gasteiger partial charge in [0.2, 0.25) is 12.2 Å². The average molecular weight is 585 g/mol. The molecule has 11 heteroatoms. The largest absolute Gasteiger partial charge is 0.351 e. The lowest BCUT2D eigenvalue weighted by Crippen LogP contribution is -2.45. The maximum Gasteiger partial charge on any atom is 0.251 e. The smallest absolute Gasteiger partial charge is 0.251 e. The van der Waals surface area contributed by atoms with Crippen LogP contribution in [0.2, 0.25) is 0 Å². The van der Waals surface area contributed by atoms with E-state index in [9.17, 15) is 9.18 Å². The molecule has 0 aliphatic carbocycles. The van der Waals surface area contributed by atoms with Gasteiger partial charge in [0.15, 0.2) is 5.82 Å². The van der Waals surface area contributed by atoms with E-state index in [0.29, 0.717) is 66.3 Å². The third-order valence-electron chi connectivity index (χ3n) is 6.85. The highest BCUT2D eigenvalue weighted by molar-refractivity contribution is 7.09. The van der Waals surface area contributed by atoms with Gasteiger partial charge in [-0.15, -0.1) is 11.3 Å². The minimum atomic E-state index is -0.755. The number of nitrogens with zero attached hydrogens (tertiary/aromatic N) is 3. The van der Waals surface area contributed by atoms with Crippen LogP contribution in [0.5, 0.6) is 0 Å². The highest BCUT2D eigenvalue weighted by Gasteiger charge is 2.35. The van der Waals surface area contributed by atoms with Crippen molar-refractivity contribution in [1.82, 2.24) is 25.3 Å². The van der Waals surface area contributed by atoms with Crippen LogP contribution in [0.15, 0.2) is 84.4 Å². The number of amides is 1. The Morgan fingerprint density at radius 2 is 1.83 bits per heavy atom. The van der Waals surface area contributed by atoms with Crippen LogP contribution >= 0.6 is 11.3 Å². The summed E-state index contributed by atoms with van der Waals surface area (Å²) in [5.41, 5.74) is 2.72. The molecule has 3 N–H and O–H groups in total. The van der Waals surface area contributed by atoms with Gasteiger partial charge in [-0.25, -0.2) is 19.3 Å². The van der Waals surface area contributed by atoms with Crippen LogP contribution in [0.25, 0.3) is 22.6 Å². The first-order chi connectivity index (χ1) is 20.5. The van der Waals surface area contributed by atoms with Crippen LogP contribution in [-0.2, 0) is 16.0 Å². The standard InChI is InChI=1S/C31H29FN6O3S/c1-31(17-35-28(39)21-6-3-2-4-7-21)18-40-29(41-19-31)27-37-25(20-9-11-22(32)12-10-20)26(38-27)24-13-14-33-30(36-24)34-16-23-8-5-15-42-23/h2-15,29H,16-19H2,1H3,(H,35,39)(H,37,38)(H,33,34,36). The summed E-state index contributed by atoms with van der Waals surface area (Å²) in [4.78, 5) is 30.9. The number of halogens is 1. The third-order valence-corrected chi connectivity index (χ3v) is 7.73. The van der Waals surface area contributed by atoms with Gasteiger partial charge in [0, 0.05) is 34.2 Å². The monoisotopic (exact) mass is 584 g/mol. The summed E-state index contributed by atoms with van der Waals surface area (Å²) in [5.74, 6) is 0.454. The summed E-state index contributed by atoms with van der Waals surface area (Å²) in [6.07, 6.45) is 0.922. The fraction of sp³-hybridized carbons (Fsp3) is 0.226. The Hall–Kier alpha value is -4.45. The predicted octanol–water partition coefficient (Wildman–Crippen LogP) is 5.83. The number of hydrogen-bond acceptors (Lipinski definition) is 8. The van der Waals surface area contributed by atoms with Crippen molar-refractivity contribution in [2.75, 3.05) is 25.1 Å². The van der Waals surface area contributed by atoms with E-state index in [-0.39, 0.29) is 11.7 Å². The van der Waals surface area contributed by atoms with Gasteiger partial charge in [0.1, 0.15) is 5.82 Å². The van der Waals surface area contributed by atoms with Crippen LogP contribution < -0.4 is 10.6 Å². The van der Waals surface area contributed by atoms with E-state index in [2.05, 4.69) is 20.6 Å². The van der Waals surface area contributed by atoms with Gasteiger partial charge in [0.25, 0.3) is 5.91 Å². The van der Waals surface area contributed by atoms with E-state index in [4.69, 9.17) is 19.4 Å². The first kappa shape index (κ1) is 27.7. The van der Waals surface area contributed by atoms with Crippen LogP contribution in [0.4, 0.5) is 10.3 Å². The number of imidazole rings is 1. The van der Waals surface area contributed by atoms with Gasteiger partial charge in [-0.1, -0.05) is 31.2 Å². The van der Waals surface area contributed by atoms with Crippen molar-refractivity contribution in [2.24, 2.45) is 5.41 Å². The molecule has 1 fully saturated rings. The average Bonchev–Trinajstić information content (AvgIpc) is 3.71. The molecule has 0 atom stereocenters. The zero-order valence-electron chi connectivity index (χ0n) is 22.8. The van der Waals surface area contributed by atoms with Crippen LogP contribution in [0, 0.1) is 11.2 Å². The summed E-state index contributed by atoms with van der Waals surface area (Å²) in [7, 11) is 0. The molecule has 42 heavy (non-hydrogen) atoms. The Balaban J connectivity index is 1.20. The van der Waals surface area contributed by atoms with Crippen molar-refractivity contribution in [1.29, 1.82) is 0 Å². The van der Waals surface area contributed by atoms with Crippen molar-refractivity contribution in [2.45, 2.75) is 19.8 Å². The van der Waals surface area contributed by atoms with E-state index >= 15 is 0 Å². The van der Waals surface area contributed by atoms with E-state index in [1.807, 2.05) is 42.6 Å². The molecule has 214 valence electrons. The molecule has 1 saturated heterocycles. The summed E-state index contributed by atoms with van der Waals surface area (Å²) >= 11 is 1.65. The predicted molar refractivity (Wildman–Crippen MR) is 158 cm³/mol. The van der Waals surface area contributed by atoms with Gasteiger partial charge in [0.05, 0.1) is 36.8 Å². The molecule has 1 aliphatic heterocycles. The number of thiophene rings is 1. The highest BCUT2D eigenvalue weighted by atomic mass is 32.1. The zero-order chi connectivity index (χ0) is 28.9. The number of anilines is 1. The first-order valence-corrected chi connectivity index (χ1v) is 14.4. The lowest BCUT2D eigenvalue weighted by Gasteiger charge is -2.36. The minimum Gasteiger partial charge on any atom is -0.351 e. The number of carbonyl (C=O) groups is 1. The Labute approximate surface area is 246 Å². The molecule has 0 unspecified atom stereocenters. The number of ether oxygens (including phenoxy) is 2. The molecule has 6 rings (SSSR count). The molecule has 4 heterocycles. The molecular weight excluding hydrogens is 555 g/mol. The van der Waals surface area contributed by atoms with E-state index in [1.54, 1.807) is 47.9 Å². The Bertz CT molecular complexity index is 1640. The normalized spacial score (nSPS) is 18.5. The molecule has 1 aliphatic rings. The third kappa shape index (κ3) is 6.38. The first-order valence-electron chi connectivity index (χ1n) is 13.5. The maximum absolute atomic E-state index is 13.7. The van der Waals surface area contributed by atoms with Gasteiger partial charge < -0.3 is 25.1 Å². The molecule has 0 spiro atoms. The Morgan fingerprint density at radius 3 is 2.57 bits per heavy atom. The van der Waals surface area contributed by atoms with Crippen LogP contribution in [0.1, 0.15) is 34.3 Å². The summed E-state index contributed by atoms with van der Waals surface area (Å²) in [5, 5.41) is 8.26. The van der Waals surface area contributed by atoms with Gasteiger partial charge in [-0.2, -0.15) is 0 Å². The number of nitrogens with one attached hydrogen (secondary N) is 3. The topological polar surface area (TPSA) is 114 Å². The number of benzene rings is 2. The number of aromatic nitrogens is 4. The number of H-pyrrole nitrogens is 1. The van der Waals surface area contributed by atoms with Gasteiger partial charge in [-0.3, -0.25) is 4.79 Å². The highest BCUT2D eigenvalue weighted by Crippen LogP contribution is 2.35. The van der Waals surface area contributed by atoms with E-state index < -0.39 is 11.7 Å². The van der Waals surface area contributed by atoms with Crippen molar-refractivity contribution in [3.05, 3.63) is 106 Å². The van der Waals surface area contributed by atoms with Gasteiger partial charge in [-0.05, 0) is 53.9 Å². The van der Waals surface area contributed by atoms with Crippen LogP contribution in [0.3, 0.4) is 0 Å². The van der Waals surface area contributed by atoms with E-state index in [0.717, 1.165) is 4.88 Å². The number of rotatable bonds is 9. The lowest BCUT2D eigenvalue weighted by atomic mass is 9.92. The molecule has 0 bridgehead atoms. The second-order valence-electron chi connectivity index (χ2n) is 10.4. The maximum atomic E-state index is 13.7. The quantitative estimate of drug-likeness (QED) is 0.200. The molecule has 9 nitrogen and oxygen atoms in total. The molecule has 0 saturated carbocycles. The van der Waals surface area contributed by atoms with Crippen LogP contribution in [-0.4, -0.2) is 45.6 Å². The second kappa shape index (κ2) is 12.2. The summed E-state index contributed by atoms with van der Waals surface area (Å²) in [6, 6.07) is 21.0. The van der Waals surface area contributed by atoms with Gasteiger partial charge >= 0.3 is 0 Å². The molecule has 1 amide bonds. The summed E-state index contributed by atoms with van der Waals surface area (Å²) in [6.45, 7) is 3.68. The summed E-state index contributed by atoms with van der Waals surface area (Å²) < 4.78 is 26.0. The molecule has 3 aromatic heterocycles. The minimum absolute atomic E-state index is 0.146. The fourth-order valence-electron chi connectivity index (χ4n) is 4.56. The number of hydrogen-bond donors (Lipinski definition) is 3. The Kier molecular flexibility index (Phi) is 8.04. The fourth-order valence-corrected chi connectivity index (χ4v) is 5.20. The van der Waals surface area contributed by atoms with E-state index in [1.165, 1.54) is 12.1 Å². The molecule has 5 aromatic rings. The molecule has 2 aromatic carbocycles. The second-order valence-corrected chi connectivity index (χ2v) is 11.4. The molecule has 0 radical (unpaired) electrons. The SMILES string of the molecule is CC1(CNC(=O)c2ccccc2)COC(c2nc(-c3ccc(F)cc3)c(-c3ccnc(NCc4cccs4)n3)[nH]2)OC1. The van der Waals surface area contributed by atoms with Crippen molar-refractivity contribution in [3.63, 3.8) is 0 Å². The Morgan fingerprint density at radius 1 is 1.05 bits per heavy atom.